The molecule has 144 valence electrons. The summed E-state index contributed by atoms with van der Waals surface area (Å²) < 4.78 is 0. The standard InChI is InChI=1S/C11H12O2.C11H20O2/c1-9(11(12)13)7-8-10-5-3-2-4-6-10;1-4-6-7-10(5-2)8-9(3)11(12)13/h2-7H,8H2,1H3,(H,12,13);10H,3-8H2,1-2H3,(H,12,13). The minimum Gasteiger partial charge on any atom is -0.478 e. The number of carboxylic acids is 2. The summed E-state index contributed by atoms with van der Waals surface area (Å²) in [6.45, 7) is 9.41. The van der Waals surface area contributed by atoms with E-state index >= 15 is 0 Å². The summed E-state index contributed by atoms with van der Waals surface area (Å²) >= 11 is 0. The normalized spacial score (nSPS) is 11.9. The number of rotatable bonds is 10. The minimum atomic E-state index is -0.852. The average molecular weight is 360 g/mol. The number of hydrogen-bond donors (Lipinski definition) is 2. The molecule has 0 saturated heterocycles. The van der Waals surface area contributed by atoms with Crippen LogP contribution in [0.2, 0.25) is 0 Å². The molecule has 0 amide bonds. The van der Waals surface area contributed by atoms with Crippen LogP contribution < -0.4 is 0 Å². The van der Waals surface area contributed by atoms with E-state index in [1.54, 1.807) is 13.0 Å². The van der Waals surface area contributed by atoms with Crippen LogP contribution in [0, 0.1) is 5.92 Å². The van der Waals surface area contributed by atoms with Gasteiger partial charge in [0.1, 0.15) is 0 Å². The fraction of sp³-hybridized carbons (Fsp3) is 0.455. The second-order valence-electron chi connectivity index (χ2n) is 6.41. The first kappa shape index (κ1) is 23.6. The highest BCUT2D eigenvalue weighted by Crippen LogP contribution is 2.20. The lowest BCUT2D eigenvalue weighted by molar-refractivity contribution is -0.133. The molecule has 0 aromatic heterocycles. The zero-order chi connectivity index (χ0) is 19.9. The SMILES string of the molecule is C=C(CC(CC)CCCC)C(=O)O.CC(=CCc1ccccc1)C(=O)O. The molecule has 0 aliphatic carbocycles. The monoisotopic (exact) mass is 360 g/mol. The molecule has 1 atom stereocenters. The van der Waals surface area contributed by atoms with Gasteiger partial charge in [0, 0.05) is 11.1 Å². The Hall–Kier alpha value is -2.36. The zero-order valence-corrected chi connectivity index (χ0v) is 16.2. The lowest BCUT2D eigenvalue weighted by Gasteiger charge is -2.13. The van der Waals surface area contributed by atoms with Crippen molar-refractivity contribution in [3.63, 3.8) is 0 Å². The number of hydrogen-bond acceptors (Lipinski definition) is 2. The quantitative estimate of drug-likeness (QED) is 0.541. The molecule has 0 saturated carbocycles. The van der Waals surface area contributed by atoms with E-state index < -0.39 is 11.9 Å². The first-order valence-electron chi connectivity index (χ1n) is 9.16. The molecule has 1 rings (SSSR count). The maximum absolute atomic E-state index is 10.5. The van der Waals surface area contributed by atoms with Gasteiger partial charge in [-0.05, 0) is 31.2 Å². The molecule has 26 heavy (non-hydrogen) atoms. The zero-order valence-electron chi connectivity index (χ0n) is 16.2. The van der Waals surface area contributed by atoms with E-state index in [9.17, 15) is 9.59 Å². The van der Waals surface area contributed by atoms with Gasteiger partial charge in [-0.3, -0.25) is 0 Å². The molecular formula is C22H32O4. The summed E-state index contributed by atoms with van der Waals surface area (Å²) in [6.07, 6.45) is 7.58. The summed E-state index contributed by atoms with van der Waals surface area (Å²) in [5.41, 5.74) is 1.87. The Morgan fingerprint density at radius 1 is 1.12 bits per heavy atom. The van der Waals surface area contributed by atoms with E-state index in [0.717, 1.165) is 18.4 Å². The van der Waals surface area contributed by atoms with Crippen LogP contribution in [0.4, 0.5) is 0 Å². The minimum absolute atomic E-state index is 0.350. The molecule has 0 aliphatic heterocycles. The van der Waals surface area contributed by atoms with E-state index in [-0.39, 0.29) is 0 Å². The van der Waals surface area contributed by atoms with Gasteiger partial charge in [0.25, 0.3) is 0 Å². The van der Waals surface area contributed by atoms with E-state index in [2.05, 4.69) is 20.4 Å². The number of allylic oxidation sites excluding steroid dienone is 1. The van der Waals surface area contributed by atoms with Crippen molar-refractivity contribution in [2.24, 2.45) is 5.92 Å². The molecule has 1 aromatic carbocycles. The molecule has 4 heteroatoms. The molecule has 1 aromatic rings. The molecule has 1 unspecified atom stereocenters. The van der Waals surface area contributed by atoms with Crippen molar-refractivity contribution in [2.75, 3.05) is 0 Å². The number of aliphatic carboxylic acids is 2. The Balaban J connectivity index is 0.000000481. The first-order chi connectivity index (χ1) is 12.3. The van der Waals surface area contributed by atoms with Crippen LogP contribution in [0.25, 0.3) is 0 Å². The topological polar surface area (TPSA) is 74.6 Å². The van der Waals surface area contributed by atoms with Crippen molar-refractivity contribution >= 4 is 11.9 Å². The molecule has 0 heterocycles. The highest BCUT2D eigenvalue weighted by molar-refractivity contribution is 5.86. The second kappa shape index (κ2) is 13.9. The smallest absolute Gasteiger partial charge is 0.330 e. The predicted molar refractivity (Wildman–Crippen MR) is 106 cm³/mol. The summed E-state index contributed by atoms with van der Waals surface area (Å²) in [7, 11) is 0. The summed E-state index contributed by atoms with van der Waals surface area (Å²) in [6, 6.07) is 9.78. The maximum atomic E-state index is 10.5. The van der Waals surface area contributed by atoms with Gasteiger partial charge in [-0.2, -0.15) is 0 Å². The highest BCUT2D eigenvalue weighted by Gasteiger charge is 2.11. The lowest BCUT2D eigenvalue weighted by Crippen LogP contribution is -2.06. The fourth-order valence-corrected chi connectivity index (χ4v) is 2.35. The van der Waals surface area contributed by atoms with Gasteiger partial charge in [0.15, 0.2) is 0 Å². The average Bonchev–Trinajstić information content (AvgIpc) is 2.64. The molecule has 2 N–H and O–H groups in total. The van der Waals surface area contributed by atoms with E-state index in [1.165, 1.54) is 12.8 Å². The van der Waals surface area contributed by atoms with Crippen LogP contribution in [0.3, 0.4) is 0 Å². The largest absolute Gasteiger partial charge is 0.478 e. The van der Waals surface area contributed by atoms with Gasteiger partial charge in [-0.25, -0.2) is 9.59 Å². The molecule has 0 radical (unpaired) electrons. The van der Waals surface area contributed by atoms with Crippen LogP contribution in [-0.2, 0) is 16.0 Å². The van der Waals surface area contributed by atoms with Gasteiger partial charge in [-0.15, -0.1) is 0 Å². The van der Waals surface area contributed by atoms with Crippen LogP contribution in [-0.4, -0.2) is 22.2 Å². The number of carbonyl (C=O) groups is 2. The van der Waals surface area contributed by atoms with Gasteiger partial charge >= 0.3 is 11.9 Å². The van der Waals surface area contributed by atoms with Crippen molar-refractivity contribution in [1.82, 2.24) is 0 Å². The van der Waals surface area contributed by atoms with Gasteiger partial charge in [0.2, 0.25) is 0 Å². The van der Waals surface area contributed by atoms with Crippen LogP contribution in [0.1, 0.15) is 58.4 Å². The molecule has 0 spiro atoms. The van der Waals surface area contributed by atoms with Crippen molar-refractivity contribution in [3.05, 3.63) is 59.7 Å². The summed E-state index contributed by atoms with van der Waals surface area (Å²) in [5, 5.41) is 17.2. The number of unbranched alkanes of at least 4 members (excludes halogenated alkanes) is 1. The van der Waals surface area contributed by atoms with Gasteiger partial charge < -0.3 is 10.2 Å². The van der Waals surface area contributed by atoms with Gasteiger partial charge in [0.05, 0.1) is 0 Å². The van der Waals surface area contributed by atoms with Gasteiger partial charge in [-0.1, -0.05) is 82.5 Å². The van der Waals surface area contributed by atoms with E-state index in [0.29, 0.717) is 29.9 Å². The van der Waals surface area contributed by atoms with Crippen molar-refractivity contribution in [3.8, 4) is 0 Å². The molecular weight excluding hydrogens is 328 g/mol. The Morgan fingerprint density at radius 2 is 1.73 bits per heavy atom. The molecule has 0 aliphatic rings. The van der Waals surface area contributed by atoms with Crippen molar-refractivity contribution in [1.29, 1.82) is 0 Å². The van der Waals surface area contributed by atoms with Crippen LogP contribution >= 0.6 is 0 Å². The number of carboxylic acid groups (broad SMARTS) is 2. The molecule has 0 bridgehead atoms. The Bertz CT molecular complexity index is 587. The Morgan fingerprint density at radius 3 is 2.19 bits per heavy atom. The van der Waals surface area contributed by atoms with Crippen molar-refractivity contribution < 1.29 is 19.8 Å². The predicted octanol–water partition coefficient (Wildman–Crippen LogP) is 5.49. The third kappa shape index (κ3) is 11.2. The van der Waals surface area contributed by atoms with Crippen LogP contribution in [0.15, 0.2) is 54.1 Å². The second-order valence-corrected chi connectivity index (χ2v) is 6.41. The fourth-order valence-electron chi connectivity index (χ4n) is 2.35. The molecule has 4 nitrogen and oxygen atoms in total. The van der Waals surface area contributed by atoms with Crippen molar-refractivity contribution in [2.45, 2.75) is 59.3 Å². The first-order valence-corrected chi connectivity index (χ1v) is 9.16. The highest BCUT2D eigenvalue weighted by atomic mass is 16.4. The number of benzene rings is 1. The third-order valence-electron chi connectivity index (χ3n) is 4.20. The Kier molecular flexibility index (Phi) is 12.6. The summed E-state index contributed by atoms with van der Waals surface area (Å²) in [4.78, 5) is 21.0. The Labute approximate surface area is 157 Å². The van der Waals surface area contributed by atoms with E-state index in [1.807, 2.05) is 30.3 Å². The third-order valence-corrected chi connectivity index (χ3v) is 4.20. The maximum Gasteiger partial charge on any atom is 0.330 e. The molecule has 0 fully saturated rings. The lowest BCUT2D eigenvalue weighted by atomic mass is 9.92. The van der Waals surface area contributed by atoms with E-state index in [4.69, 9.17) is 10.2 Å². The van der Waals surface area contributed by atoms with Crippen LogP contribution in [0.5, 0.6) is 0 Å². The summed E-state index contributed by atoms with van der Waals surface area (Å²) in [5.74, 6) is -1.20.